The van der Waals surface area contributed by atoms with Gasteiger partial charge in [-0.2, -0.15) is 5.26 Å². The lowest BCUT2D eigenvalue weighted by atomic mass is 9.77. The van der Waals surface area contributed by atoms with E-state index in [0.29, 0.717) is 4.47 Å². The Balaban J connectivity index is 3.29. The summed E-state index contributed by atoms with van der Waals surface area (Å²) < 4.78 is 25.4. The summed E-state index contributed by atoms with van der Waals surface area (Å²) in [6.07, 6.45) is 0.201. The highest BCUT2D eigenvalue weighted by Gasteiger charge is 2.38. The lowest BCUT2D eigenvalue weighted by molar-refractivity contribution is 0.447. The molecule has 0 fully saturated rings. The molecule has 1 rings (SSSR count). The molecule has 19 heavy (non-hydrogen) atoms. The van der Waals surface area contributed by atoms with Crippen molar-refractivity contribution in [1.29, 1.82) is 5.26 Å². The van der Waals surface area contributed by atoms with Gasteiger partial charge >= 0.3 is 0 Å². The maximum atomic E-state index is 13.9. The summed E-state index contributed by atoms with van der Waals surface area (Å²) in [7, 11) is -1.60. The molecule has 0 aliphatic heterocycles. The zero-order chi connectivity index (χ0) is 14.8. The van der Waals surface area contributed by atoms with Gasteiger partial charge in [0, 0.05) is 10.0 Å². The van der Waals surface area contributed by atoms with Crippen LogP contribution in [0.25, 0.3) is 0 Å². The maximum absolute atomic E-state index is 13.9. The van der Waals surface area contributed by atoms with Crippen LogP contribution < -0.4 is 5.14 Å². The second-order valence-electron chi connectivity index (χ2n) is 5.30. The highest BCUT2D eigenvalue weighted by atomic mass is 79.9. The van der Waals surface area contributed by atoms with Gasteiger partial charge in [0.1, 0.15) is 5.82 Å². The summed E-state index contributed by atoms with van der Waals surface area (Å²) in [5, 5.41) is 14.9. The van der Waals surface area contributed by atoms with Crippen LogP contribution in [0.15, 0.2) is 22.7 Å². The molecule has 2 atom stereocenters. The van der Waals surface area contributed by atoms with Crippen LogP contribution in [-0.4, -0.2) is 8.96 Å². The molecule has 0 amide bonds. The van der Waals surface area contributed by atoms with Gasteiger partial charge in [0.25, 0.3) is 0 Å². The van der Waals surface area contributed by atoms with Crippen LogP contribution in [0.3, 0.4) is 0 Å². The molecular weight excluding hydrogens is 331 g/mol. The average Bonchev–Trinajstić information content (AvgIpc) is 2.31. The Morgan fingerprint density at radius 3 is 2.53 bits per heavy atom. The van der Waals surface area contributed by atoms with Crippen LogP contribution in [0.5, 0.6) is 0 Å². The lowest BCUT2D eigenvalue weighted by Gasteiger charge is -2.31. The van der Waals surface area contributed by atoms with Gasteiger partial charge in [0.2, 0.25) is 0 Å². The van der Waals surface area contributed by atoms with E-state index in [1.807, 2.05) is 0 Å². The van der Waals surface area contributed by atoms with Gasteiger partial charge < -0.3 is 0 Å². The van der Waals surface area contributed by atoms with E-state index in [9.17, 15) is 13.9 Å². The van der Waals surface area contributed by atoms with Crippen molar-refractivity contribution in [2.75, 3.05) is 0 Å². The standard InChI is InChI=1S/C13H16BrFN2OS/c1-12(2,19(17)18)7-13(3,8-16)10-6-9(14)4-5-11(10)15/h4-6H,7,17H2,1-3H3/t13-,19?/m0/s1. The Bertz CT molecular complexity index is 556. The molecule has 104 valence electrons. The van der Waals surface area contributed by atoms with Gasteiger partial charge in [-0.1, -0.05) is 15.9 Å². The minimum atomic E-state index is -1.60. The zero-order valence-corrected chi connectivity index (χ0v) is 13.4. The molecule has 0 spiro atoms. The van der Waals surface area contributed by atoms with E-state index in [-0.39, 0.29) is 12.0 Å². The first kappa shape index (κ1) is 16.3. The average molecular weight is 347 g/mol. The van der Waals surface area contributed by atoms with E-state index < -0.39 is 27.0 Å². The second kappa shape index (κ2) is 5.70. The second-order valence-corrected chi connectivity index (χ2v) is 7.92. The zero-order valence-electron chi connectivity index (χ0n) is 11.0. The number of halogens is 2. The van der Waals surface area contributed by atoms with E-state index in [1.165, 1.54) is 6.07 Å². The number of rotatable bonds is 4. The molecule has 3 nitrogen and oxygen atoms in total. The Labute approximate surface area is 123 Å². The van der Waals surface area contributed by atoms with Crippen LogP contribution in [-0.2, 0) is 16.4 Å². The van der Waals surface area contributed by atoms with E-state index >= 15 is 0 Å². The molecule has 0 heterocycles. The summed E-state index contributed by atoms with van der Waals surface area (Å²) in [5.41, 5.74) is -0.810. The number of hydrogen-bond donors (Lipinski definition) is 1. The summed E-state index contributed by atoms with van der Waals surface area (Å²) >= 11 is 3.27. The number of nitriles is 1. The first-order valence-electron chi connectivity index (χ1n) is 5.65. The normalized spacial score (nSPS) is 16.5. The molecule has 2 N–H and O–H groups in total. The summed E-state index contributed by atoms with van der Waals surface area (Å²) in [5.74, 6) is -0.453. The van der Waals surface area contributed by atoms with Crippen molar-refractivity contribution >= 4 is 26.9 Å². The molecule has 0 aliphatic rings. The van der Waals surface area contributed by atoms with Gasteiger partial charge in [0.15, 0.2) is 0 Å². The van der Waals surface area contributed by atoms with E-state index in [0.717, 1.165) is 0 Å². The summed E-state index contributed by atoms with van der Waals surface area (Å²) in [6.45, 7) is 5.04. The predicted molar refractivity (Wildman–Crippen MR) is 78.1 cm³/mol. The molecule has 1 aromatic rings. The third-order valence-electron chi connectivity index (χ3n) is 3.09. The van der Waals surface area contributed by atoms with Crippen LogP contribution >= 0.6 is 15.9 Å². The van der Waals surface area contributed by atoms with Crippen molar-refractivity contribution < 1.29 is 8.60 Å². The van der Waals surface area contributed by atoms with E-state index in [4.69, 9.17) is 5.14 Å². The molecule has 6 heteroatoms. The van der Waals surface area contributed by atoms with Gasteiger partial charge in [-0.25, -0.2) is 8.60 Å². The van der Waals surface area contributed by atoms with Crippen LogP contribution in [0.2, 0.25) is 0 Å². The van der Waals surface area contributed by atoms with Crippen LogP contribution in [0.4, 0.5) is 4.39 Å². The van der Waals surface area contributed by atoms with E-state index in [1.54, 1.807) is 32.9 Å². The Kier molecular flexibility index (Phi) is 4.88. The van der Waals surface area contributed by atoms with Crippen LogP contribution in [0.1, 0.15) is 32.8 Å². The van der Waals surface area contributed by atoms with Crippen molar-refractivity contribution in [1.82, 2.24) is 0 Å². The number of nitrogens with zero attached hydrogens (tertiary/aromatic N) is 1. The van der Waals surface area contributed by atoms with Gasteiger partial charge in [-0.3, -0.25) is 5.14 Å². The monoisotopic (exact) mass is 346 g/mol. The predicted octanol–water partition coefficient (Wildman–Crippen LogP) is 3.16. The Morgan fingerprint density at radius 2 is 2.05 bits per heavy atom. The Hall–Kier alpha value is -0.770. The first-order chi connectivity index (χ1) is 8.62. The van der Waals surface area contributed by atoms with Crippen LogP contribution in [0, 0.1) is 17.1 Å². The molecule has 1 aromatic carbocycles. The first-order valence-corrected chi connectivity index (χ1v) is 7.66. The third kappa shape index (κ3) is 3.62. The van der Waals surface area contributed by atoms with E-state index in [2.05, 4.69) is 22.0 Å². The van der Waals surface area contributed by atoms with Crippen molar-refractivity contribution in [3.63, 3.8) is 0 Å². The molecule has 0 saturated carbocycles. The topological polar surface area (TPSA) is 66.9 Å². The fourth-order valence-corrected chi connectivity index (χ4v) is 2.83. The van der Waals surface area contributed by atoms with Crippen molar-refractivity contribution in [3.05, 3.63) is 34.1 Å². The fourth-order valence-electron chi connectivity index (χ4n) is 2.04. The Morgan fingerprint density at radius 1 is 1.47 bits per heavy atom. The summed E-state index contributed by atoms with van der Waals surface area (Å²) in [6, 6.07) is 6.58. The maximum Gasteiger partial charge on any atom is 0.128 e. The van der Waals surface area contributed by atoms with Crippen molar-refractivity contribution in [3.8, 4) is 6.07 Å². The highest BCUT2D eigenvalue weighted by molar-refractivity contribution is 9.10. The highest BCUT2D eigenvalue weighted by Crippen LogP contribution is 2.36. The SMILES string of the molecule is CC(C)(C[C@@](C)(C#N)c1cc(Br)ccc1F)S(N)=O. The van der Waals surface area contributed by atoms with Gasteiger partial charge in [-0.15, -0.1) is 0 Å². The van der Waals surface area contributed by atoms with Gasteiger partial charge in [0.05, 0.1) is 27.2 Å². The summed E-state index contributed by atoms with van der Waals surface area (Å²) in [4.78, 5) is 0. The minimum absolute atomic E-state index is 0.201. The molecule has 1 unspecified atom stereocenters. The molecule has 0 aromatic heterocycles. The fraction of sp³-hybridized carbons (Fsp3) is 0.462. The molecular formula is C13H16BrFN2OS. The van der Waals surface area contributed by atoms with Crippen molar-refractivity contribution in [2.24, 2.45) is 5.14 Å². The number of nitrogens with two attached hydrogens (primary N) is 1. The van der Waals surface area contributed by atoms with Gasteiger partial charge in [-0.05, 0) is 45.4 Å². The lowest BCUT2D eigenvalue weighted by Crippen LogP contribution is -2.39. The number of hydrogen-bond acceptors (Lipinski definition) is 2. The molecule has 0 radical (unpaired) electrons. The third-order valence-corrected chi connectivity index (χ3v) is 4.82. The molecule has 0 saturated heterocycles. The smallest absolute Gasteiger partial charge is 0.128 e. The molecule has 0 aliphatic carbocycles. The number of benzene rings is 1. The quantitative estimate of drug-likeness (QED) is 0.909. The molecule has 0 bridgehead atoms. The minimum Gasteiger partial charge on any atom is -0.251 e. The van der Waals surface area contributed by atoms with Crippen molar-refractivity contribution in [2.45, 2.75) is 37.4 Å². The largest absolute Gasteiger partial charge is 0.251 e.